The molecule has 40 heavy (non-hydrogen) atoms. The molecule has 0 fully saturated rings. The Kier molecular flexibility index (Phi) is 14.7. The Balaban J connectivity index is 1.62. The van der Waals surface area contributed by atoms with Gasteiger partial charge in [0, 0.05) is 5.41 Å². The van der Waals surface area contributed by atoms with E-state index in [0.717, 1.165) is 47.5 Å². The largest absolute Gasteiger partial charge is 0.489 e. The molecule has 4 heteroatoms. The van der Waals surface area contributed by atoms with E-state index in [9.17, 15) is 10.2 Å². The van der Waals surface area contributed by atoms with Crippen LogP contribution in [0.5, 0.6) is 11.5 Å². The first-order valence-electron chi connectivity index (χ1n) is 15.4. The zero-order valence-electron chi connectivity index (χ0n) is 24.5. The maximum Gasteiger partial charge on any atom is 0.123 e. The first-order valence-corrected chi connectivity index (χ1v) is 15.4. The Labute approximate surface area is 242 Å². The van der Waals surface area contributed by atoms with Gasteiger partial charge in [-0.05, 0) is 47.7 Å². The maximum atomic E-state index is 10.5. The van der Waals surface area contributed by atoms with Crippen LogP contribution >= 0.6 is 0 Å². The van der Waals surface area contributed by atoms with E-state index in [1.807, 2.05) is 78.9 Å². The number of hydrogen-bond donors (Lipinski definition) is 2. The highest BCUT2D eigenvalue weighted by atomic mass is 16.5. The predicted molar refractivity (Wildman–Crippen MR) is 165 cm³/mol. The first-order chi connectivity index (χ1) is 19.7. The van der Waals surface area contributed by atoms with Crippen LogP contribution in [0.3, 0.4) is 0 Å². The van der Waals surface area contributed by atoms with Crippen LogP contribution in [0.15, 0.2) is 78.9 Å². The lowest BCUT2D eigenvalue weighted by molar-refractivity contribution is 0.0443. The quantitative estimate of drug-likeness (QED) is 0.131. The van der Waals surface area contributed by atoms with Crippen molar-refractivity contribution in [3.05, 3.63) is 95.6 Å². The molecule has 0 saturated carbocycles. The first kappa shape index (κ1) is 31.7. The Bertz CT molecular complexity index is 1050. The van der Waals surface area contributed by atoms with Gasteiger partial charge in [0.2, 0.25) is 0 Å². The van der Waals surface area contributed by atoms with Crippen LogP contribution < -0.4 is 9.47 Å². The van der Waals surface area contributed by atoms with Crippen LogP contribution in [0.2, 0.25) is 0 Å². The third-order valence-corrected chi connectivity index (χ3v) is 7.81. The van der Waals surface area contributed by atoms with E-state index < -0.39 is 5.41 Å². The lowest BCUT2D eigenvalue weighted by atomic mass is 9.78. The standard InChI is InChI=1S/C36H50O4/c1-2-3-4-5-6-7-8-9-10-17-24-36(29-37,30-38)26-33-25-34(39-27-31-18-13-11-14-19-31)22-23-35(33)40-28-32-20-15-12-16-21-32/h11-16,18-23,25,37-38H,2-10,17,24,26-30H2,1H3. The summed E-state index contributed by atoms with van der Waals surface area (Å²) in [5.41, 5.74) is 2.56. The van der Waals surface area contributed by atoms with Crippen LogP contribution in [0, 0.1) is 5.41 Å². The molecule has 0 unspecified atom stereocenters. The van der Waals surface area contributed by atoms with Crippen molar-refractivity contribution in [2.75, 3.05) is 13.2 Å². The summed E-state index contributed by atoms with van der Waals surface area (Å²) in [5.74, 6) is 1.53. The van der Waals surface area contributed by atoms with E-state index in [0.29, 0.717) is 19.6 Å². The molecule has 4 nitrogen and oxygen atoms in total. The molecule has 0 aliphatic carbocycles. The summed E-state index contributed by atoms with van der Waals surface area (Å²) >= 11 is 0. The zero-order chi connectivity index (χ0) is 28.3. The monoisotopic (exact) mass is 546 g/mol. The van der Waals surface area contributed by atoms with Crippen LogP contribution in [0.4, 0.5) is 0 Å². The second kappa shape index (κ2) is 18.5. The van der Waals surface area contributed by atoms with Gasteiger partial charge in [-0.25, -0.2) is 0 Å². The molecule has 0 radical (unpaired) electrons. The van der Waals surface area contributed by atoms with Gasteiger partial charge < -0.3 is 19.7 Å². The normalized spacial score (nSPS) is 11.5. The van der Waals surface area contributed by atoms with Gasteiger partial charge in [-0.1, -0.05) is 132 Å². The molecular weight excluding hydrogens is 496 g/mol. The molecule has 0 aliphatic rings. The minimum Gasteiger partial charge on any atom is -0.489 e. The highest BCUT2D eigenvalue weighted by Gasteiger charge is 2.30. The fourth-order valence-electron chi connectivity index (χ4n) is 5.20. The Morgan fingerprint density at radius 3 is 1.68 bits per heavy atom. The number of benzene rings is 3. The lowest BCUT2D eigenvalue weighted by Crippen LogP contribution is -2.32. The maximum absolute atomic E-state index is 10.5. The second-order valence-corrected chi connectivity index (χ2v) is 11.2. The molecule has 218 valence electrons. The van der Waals surface area contributed by atoms with Gasteiger partial charge in [-0.15, -0.1) is 0 Å². The van der Waals surface area contributed by atoms with Crippen molar-refractivity contribution in [2.24, 2.45) is 5.41 Å². The van der Waals surface area contributed by atoms with Gasteiger partial charge in [0.15, 0.2) is 0 Å². The van der Waals surface area contributed by atoms with Gasteiger partial charge in [-0.3, -0.25) is 0 Å². The van der Waals surface area contributed by atoms with E-state index in [1.54, 1.807) is 0 Å². The highest BCUT2D eigenvalue weighted by molar-refractivity contribution is 5.41. The molecule has 3 rings (SSSR count). The SMILES string of the molecule is CCCCCCCCCCCCC(CO)(CO)Cc1cc(OCc2ccccc2)ccc1OCc1ccccc1. The predicted octanol–water partition coefficient (Wildman–Crippen LogP) is 8.67. The molecule has 0 saturated heterocycles. The fraction of sp³-hybridized carbons (Fsp3) is 0.500. The number of hydrogen-bond acceptors (Lipinski definition) is 4. The van der Waals surface area contributed by atoms with E-state index in [4.69, 9.17) is 9.47 Å². The van der Waals surface area contributed by atoms with E-state index in [-0.39, 0.29) is 13.2 Å². The van der Waals surface area contributed by atoms with Gasteiger partial charge in [0.1, 0.15) is 24.7 Å². The second-order valence-electron chi connectivity index (χ2n) is 11.2. The highest BCUT2D eigenvalue weighted by Crippen LogP contribution is 2.35. The van der Waals surface area contributed by atoms with Crippen molar-refractivity contribution >= 4 is 0 Å². The topological polar surface area (TPSA) is 58.9 Å². The third kappa shape index (κ3) is 11.3. The zero-order valence-corrected chi connectivity index (χ0v) is 24.5. The van der Waals surface area contributed by atoms with Crippen molar-refractivity contribution in [3.63, 3.8) is 0 Å². The van der Waals surface area contributed by atoms with Crippen molar-refractivity contribution in [3.8, 4) is 11.5 Å². The summed E-state index contributed by atoms with van der Waals surface area (Å²) in [7, 11) is 0. The molecule has 0 bridgehead atoms. The summed E-state index contributed by atoms with van der Waals surface area (Å²) in [5, 5.41) is 20.9. The Morgan fingerprint density at radius 2 is 1.12 bits per heavy atom. The van der Waals surface area contributed by atoms with Crippen LogP contribution in [0.25, 0.3) is 0 Å². The van der Waals surface area contributed by atoms with Crippen molar-refractivity contribution in [1.82, 2.24) is 0 Å². The summed E-state index contributed by atoms with van der Waals surface area (Å²) < 4.78 is 12.4. The van der Waals surface area contributed by atoms with Crippen molar-refractivity contribution in [1.29, 1.82) is 0 Å². The molecule has 0 atom stereocenters. The molecule has 0 heterocycles. The third-order valence-electron chi connectivity index (χ3n) is 7.81. The van der Waals surface area contributed by atoms with Crippen LogP contribution in [-0.2, 0) is 19.6 Å². The number of aliphatic hydroxyl groups excluding tert-OH is 2. The minimum absolute atomic E-state index is 0.0614. The molecule has 3 aromatic rings. The number of aliphatic hydroxyl groups is 2. The molecule has 0 amide bonds. The molecular formula is C36H50O4. The average molecular weight is 547 g/mol. The van der Waals surface area contributed by atoms with Crippen molar-refractivity contribution in [2.45, 2.75) is 97.2 Å². The number of unbranched alkanes of at least 4 members (excludes halogenated alkanes) is 9. The average Bonchev–Trinajstić information content (AvgIpc) is 3.01. The molecule has 3 aromatic carbocycles. The molecule has 0 aliphatic heterocycles. The van der Waals surface area contributed by atoms with Gasteiger partial charge in [0.05, 0.1) is 13.2 Å². The fourth-order valence-corrected chi connectivity index (χ4v) is 5.20. The number of ether oxygens (including phenoxy) is 2. The molecule has 2 N–H and O–H groups in total. The van der Waals surface area contributed by atoms with Gasteiger partial charge >= 0.3 is 0 Å². The van der Waals surface area contributed by atoms with Crippen LogP contribution in [-0.4, -0.2) is 23.4 Å². The summed E-state index contributed by atoms with van der Waals surface area (Å²) in [6.45, 7) is 3.08. The van der Waals surface area contributed by atoms with E-state index >= 15 is 0 Å². The molecule has 0 aromatic heterocycles. The number of rotatable bonds is 21. The Morgan fingerprint density at radius 1 is 0.600 bits per heavy atom. The van der Waals surface area contributed by atoms with Crippen molar-refractivity contribution < 1.29 is 19.7 Å². The lowest BCUT2D eigenvalue weighted by Gasteiger charge is -2.31. The summed E-state index contributed by atoms with van der Waals surface area (Å²) in [4.78, 5) is 0. The summed E-state index contributed by atoms with van der Waals surface area (Å²) in [6.07, 6.45) is 14.0. The smallest absolute Gasteiger partial charge is 0.123 e. The minimum atomic E-state index is -0.594. The van der Waals surface area contributed by atoms with Crippen LogP contribution in [0.1, 0.15) is 94.2 Å². The Hall–Kier alpha value is -2.82. The van der Waals surface area contributed by atoms with Gasteiger partial charge in [-0.2, -0.15) is 0 Å². The van der Waals surface area contributed by atoms with E-state index in [1.165, 1.54) is 51.4 Å². The molecule has 0 spiro atoms. The van der Waals surface area contributed by atoms with E-state index in [2.05, 4.69) is 6.92 Å². The van der Waals surface area contributed by atoms with Gasteiger partial charge in [0.25, 0.3) is 0 Å². The summed E-state index contributed by atoms with van der Waals surface area (Å²) in [6, 6.07) is 26.1.